The molecule has 4 fully saturated rings. The van der Waals surface area contributed by atoms with Gasteiger partial charge in [-0.15, -0.1) is 0 Å². The third-order valence-corrected chi connectivity index (χ3v) is 10.3. The van der Waals surface area contributed by atoms with Gasteiger partial charge in [0.15, 0.2) is 0 Å². The zero-order valence-electron chi connectivity index (χ0n) is 25.9. The zero-order chi connectivity index (χ0) is 30.0. The van der Waals surface area contributed by atoms with Crippen molar-refractivity contribution in [2.24, 2.45) is 0 Å². The molecule has 2 N–H and O–H groups in total. The van der Waals surface area contributed by atoms with E-state index in [-0.39, 0.29) is 10.6 Å². The van der Waals surface area contributed by atoms with Gasteiger partial charge in [0.05, 0.1) is 39.4 Å². The average molecular weight is 599 g/mol. The Hall–Kier alpha value is -3.82. The Kier molecular flexibility index (Phi) is 8.32. The van der Waals surface area contributed by atoms with E-state index in [1.807, 2.05) is 16.9 Å². The summed E-state index contributed by atoms with van der Waals surface area (Å²) >= 11 is 0. The van der Waals surface area contributed by atoms with Crippen LogP contribution in [0.15, 0.2) is 36.7 Å². The predicted molar refractivity (Wildman–Crippen MR) is 178 cm³/mol. The van der Waals surface area contributed by atoms with E-state index in [2.05, 4.69) is 32.8 Å². The van der Waals surface area contributed by atoms with Crippen molar-refractivity contribution in [2.45, 2.75) is 102 Å². The normalized spacial score (nSPS) is 20.0. The first-order valence-electron chi connectivity index (χ1n) is 17.0. The van der Waals surface area contributed by atoms with Gasteiger partial charge in [0, 0.05) is 55.4 Å². The number of rotatable bonds is 5. The molecule has 2 aromatic heterocycles. The maximum Gasteiger partial charge on any atom is 0.293 e. The summed E-state index contributed by atoms with van der Waals surface area (Å²) in [6, 6.07) is 8.98. The lowest BCUT2D eigenvalue weighted by atomic mass is 10.1. The lowest BCUT2D eigenvalue weighted by Gasteiger charge is -2.29. The largest absolute Gasteiger partial charge is 0.397 e. The first-order valence-corrected chi connectivity index (χ1v) is 17.0. The second kappa shape index (κ2) is 12.7. The molecule has 0 unspecified atom stereocenters. The maximum absolute atomic E-state index is 11.5. The number of aromatic nitrogens is 4. The molecule has 0 spiro atoms. The summed E-state index contributed by atoms with van der Waals surface area (Å²) in [6.07, 6.45) is 21.5. The number of nitrogen functional groups attached to an aromatic ring is 1. The molecule has 4 aromatic rings. The molecule has 234 valence electrons. The van der Waals surface area contributed by atoms with Crippen molar-refractivity contribution in [3.63, 3.8) is 0 Å². The fourth-order valence-corrected chi connectivity index (χ4v) is 7.82. The molecule has 2 aliphatic carbocycles. The lowest BCUT2D eigenvalue weighted by Crippen LogP contribution is -2.29. The van der Waals surface area contributed by atoms with Crippen LogP contribution in [0.5, 0.6) is 0 Å². The number of nitrogens with zero attached hydrogens (tertiary/aromatic N) is 7. The van der Waals surface area contributed by atoms with Gasteiger partial charge in [0.25, 0.3) is 5.69 Å². The highest BCUT2D eigenvalue weighted by Gasteiger charge is 2.25. The summed E-state index contributed by atoms with van der Waals surface area (Å²) in [6.45, 7) is 4.05. The molecule has 2 aliphatic heterocycles. The van der Waals surface area contributed by atoms with Gasteiger partial charge in [-0.3, -0.25) is 19.5 Å². The molecule has 0 radical (unpaired) electrons. The molecule has 0 atom stereocenters. The Balaban J connectivity index is 0.000000143. The topological polar surface area (TPSA) is 111 Å². The van der Waals surface area contributed by atoms with Crippen molar-refractivity contribution >= 4 is 44.6 Å². The second-order valence-corrected chi connectivity index (χ2v) is 13.3. The molecule has 10 heteroatoms. The smallest absolute Gasteiger partial charge is 0.293 e. The summed E-state index contributed by atoms with van der Waals surface area (Å²) in [4.78, 5) is 15.8. The van der Waals surface area contributed by atoms with Crippen LogP contribution in [0.25, 0.3) is 21.8 Å². The number of anilines is 3. The van der Waals surface area contributed by atoms with Crippen LogP contribution < -0.4 is 15.5 Å². The van der Waals surface area contributed by atoms with Gasteiger partial charge in [-0.25, -0.2) is 0 Å². The fraction of sp³-hybridized carbons (Fsp3) is 0.588. The molecule has 4 heterocycles. The number of nitrogens with two attached hydrogens (primary N) is 1. The molecule has 44 heavy (non-hydrogen) atoms. The molecular weight excluding hydrogens is 552 g/mol. The van der Waals surface area contributed by atoms with Crippen LogP contribution in [-0.4, -0.2) is 50.7 Å². The van der Waals surface area contributed by atoms with Gasteiger partial charge in [-0.05, 0) is 82.4 Å². The van der Waals surface area contributed by atoms with E-state index in [0.717, 1.165) is 79.7 Å². The first-order chi connectivity index (χ1) is 21.5. The molecule has 2 saturated heterocycles. The van der Waals surface area contributed by atoms with Crippen molar-refractivity contribution in [3.8, 4) is 0 Å². The first kappa shape index (κ1) is 28.9. The van der Waals surface area contributed by atoms with E-state index in [9.17, 15) is 10.1 Å². The molecule has 2 saturated carbocycles. The van der Waals surface area contributed by atoms with E-state index in [0.29, 0.717) is 12.1 Å². The Labute approximate surface area is 259 Å². The molecule has 4 aliphatic rings. The SMILES string of the molecule is Nc1cc2cn(C3CCCC3)nc2cc1N1CCCCC1.O=[N+]([O-])c1cc2cn(C3CCCC3)nc2cc1N1CCCCC1. The van der Waals surface area contributed by atoms with Crippen LogP contribution in [0.2, 0.25) is 0 Å². The summed E-state index contributed by atoms with van der Waals surface area (Å²) in [5, 5.41) is 23.1. The van der Waals surface area contributed by atoms with Gasteiger partial charge in [0.1, 0.15) is 5.69 Å². The van der Waals surface area contributed by atoms with Gasteiger partial charge in [-0.1, -0.05) is 25.7 Å². The van der Waals surface area contributed by atoms with Gasteiger partial charge in [-0.2, -0.15) is 10.2 Å². The molecular formula is C34H46N8O2. The number of benzene rings is 2. The standard InChI is InChI=1S/C17H22N4O2.C17H24N4/c22-21(23)17-10-13-12-20(14-6-2-3-7-14)18-15(13)11-16(17)19-8-4-1-5-9-19;18-15-10-13-12-21(14-6-2-3-7-14)19-16(13)11-17(15)20-8-4-1-5-9-20/h10-12,14H,1-9H2;10-12,14H,1-9,18H2. The van der Waals surface area contributed by atoms with E-state index in [1.165, 1.54) is 75.3 Å². The van der Waals surface area contributed by atoms with Crippen molar-refractivity contribution in [1.29, 1.82) is 0 Å². The Morgan fingerprint density at radius 3 is 1.59 bits per heavy atom. The van der Waals surface area contributed by atoms with Crippen LogP contribution >= 0.6 is 0 Å². The molecule has 0 bridgehead atoms. The Bertz CT molecular complexity index is 1600. The van der Waals surface area contributed by atoms with Crippen molar-refractivity contribution in [3.05, 3.63) is 46.8 Å². The third kappa shape index (κ3) is 5.95. The average Bonchev–Trinajstić information content (AvgIpc) is 3.87. The summed E-state index contributed by atoms with van der Waals surface area (Å²) in [7, 11) is 0. The Morgan fingerprint density at radius 1 is 0.636 bits per heavy atom. The maximum atomic E-state index is 11.5. The highest BCUT2D eigenvalue weighted by atomic mass is 16.6. The number of nitro groups is 1. The fourth-order valence-electron chi connectivity index (χ4n) is 7.82. The Morgan fingerprint density at radius 2 is 1.09 bits per heavy atom. The number of piperidine rings is 2. The highest BCUT2D eigenvalue weighted by molar-refractivity contribution is 5.89. The minimum Gasteiger partial charge on any atom is -0.397 e. The third-order valence-electron chi connectivity index (χ3n) is 10.3. The van der Waals surface area contributed by atoms with E-state index in [1.54, 1.807) is 6.07 Å². The summed E-state index contributed by atoms with van der Waals surface area (Å²) in [5.41, 5.74) is 11.3. The van der Waals surface area contributed by atoms with Crippen LogP contribution in [0.3, 0.4) is 0 Å². The molecule has 0 amide bonds. The molecule has 10 nitrogen and oxygen atoms in total. The quantitative estimate of drug-likeness (QED) is 0.142. The number of hydrogen-bond acceptors (Lipinski definition) is 7. The van der Waals surface area contributed by atoms with Crippen molar-refractivity contribution < 1.29 is 4.92 Å². The lowest BCUT2D eigenvalue weighted by molar-refractivity contribution is -0.384. The van der Waals surface area contributed by atoms with Crippen molar-refractivity contribution in [2.75, 3.05) is 41.7 Å². The highest BCUT2D eigenvalue weighted by Crippen LogP contribution is 2.37. The van der Waals surface area contributed by atoms with E-state index < -0.39 is 0 Å². The number of nitro benzene ring substituents is 1. The van der Waals surface area contributed by atoms with Crippen LogP contribution in [-0.2, 0) is 0 Å². The van der Waals surface area contributed by atoms with Gasteiger partial charge in [0.2, 0.25) is 0 Å². The number of hydrogen-bond donors (Lipinski definition) is 1. The van der Waals surface area contributed by atoms with E-state index in [4.69, 9.17) is 15.9 Å². The molecule has 2 aromatic carbocycles. The van der Waals surface area contributed by atoms with Crippen molar-refractivity contribution in [1.82, 2.24) is 19.6 Å². The zero-order valence-corrected chi connectivity index (χ0v) is 25.9. The predicted octanol–water partition coefficient (Wildman–Crippen LogP) is 7.77. The monoisotopic (exact) mass is 598 g/mol. The van der Waals surface area contributed by atoms with Crippen LogP contribution in [0.1, 0.15) is 102 Å². The van der Waals surface area contributed by atoms with E-state index >= 15 is 0 Å². The van der Waals surface area contributed by atoms with Gasteiger partial charge < -0.3 is 15.5 Å². The van der Waals surface area contributed by atoms with Crippen LogP contribution in [0, 0.1) is 10.1 Å². The van der Waals surface area contributed by atoms with Gasteiger partial charge >= 0.3 is 0 Å². The minimum absolute atomic E-state index is 0.213. The van der Waals surface area contributed by atoms with Crippen LogP contribution in [0.4, 0.5) is 22.7 Å². The summed E-state index contributed by atoms with van der Waals surface area (Å²) < 4.78 is 4.21. The number of fused-ring (bicyclic) bond motifs is 2. The summed E-state index contributed by atoms with van der Waals surface area (Å²) in [5.74, 6) is 0. The minimum atomic E-state index is -0.254. The molecule has 8 rings (SSSR count). The second-order valence-electron chi connectivity index (χ2n) is 13.3.